The third-order valence-electron chi connectivity index (χ3n) is 12.9. The van der Waals surface area contributed by atoms with Crippen LogP contribution in [0.15, 0.2) is 36.4 Å². The van der Waals surface area contributed by atoms with E-state index in [1.807, 2.05) is 50.3 Å². The Bertz CT molecular complexity index is 2040. The summed E-state index contributed by atoms with van der Waals surface area (Å²) in [5, 5.41) is 6.85. The highest BCUT2D eigenvalue weighted by atomic mass is 32.2. The molecule has 0 bridgehead atoms. The smallest absolute Gasteiger partial charge is 0.408 e. The maximum atomic E-state index is 14.8. The van der Waals surface area contributed by atoms with Gasteiger partial charge < -0.3 is 25.0 Å². The van der Waals surface area contributed by atoms with Gasteiger partial charge in [0.25, 0.3) is 5.91 Å². The van der Waals surface area contributed by atoms with Crippen molar-refractivity contribution in [2.24, 2.45) is 5.92 Å². The lowest BCUT2D eigenvalue weighted by Gasteiger charge is -2.48. The van der Waals surface area contributed by atoms with E-state index in [1.54, 1.807) is 6.92 Å². The first kappa shape index (κ1) is 36.8. The first-order chi connectivity index (χ1) is 25.7. The molecule has 1 aromatic heterocycles. The number of rotatable bonds is 5. The number of allylic oxidation sites excluding steroid dienone is 1. The lowest BCUT2D eigenvalue weighted by Crippen LogP contribution is -2.70. The average molecular weight is 762 g/mol. The minimum Gasteiger partial charge on any atom is -0.483 e. The molecule has 13 nitrogen and oxygen atoms in total. The van der Waals surface area contributed by atoms with Gasteiger partial charge in [-0.3, -0.25) is 19.1 Å². The molecule has 5 atom stereocenters. The molecular weight excluding hydrogens is 711 g/mol. The maximum Gasteiger partial charge on any atom is 0.408 e. The number of pyridine rings is 1. The van der Waals surface area contributed by atoms with Crippen molar-refractivity contribution in [2.45, 2.75) is 144 Å². The lowest BCUT2D eigenvalue weighted by atomic mass is 9.65. The number of hydrogen-bond donors (Lipinski definition) is 3. The van der Waals surface area contributed by atoms with Gasteiger partial charge in [0.05, 0.1) is 22.5 Å². The largest absolute Gasteiger partial charge is 0.483 e. The van der Waals surface area contributed by atoms with Crippen LogP contribution in [0.5, 0.6) is 5.75 Å². The molecule has 14 heteroatoms. The summed E-state index contributed by atoms with van der Waals surface area (Å²) >= 11 is 0. The Balaban J connectivity index is 1.14. The number of amides is 4. The number of benzene rings is 1. The zero-order valence-corrected chi connectivity index (χ0v) is 32.2. The topological polar surface area (TPSA) is 173 Å². The molecule has 0 radical (unpaired) electrons. The number of alkyl carbamates (subject to hydrolysis) is 1. The number of carbonyl (C=O) groups is 4. The number of ether oxygens (including phenoxy) is 2. The molecule has 1 saturated heterocycles. The molecule has 3 saturated carbocycles. The second kappa shape index (κ2) is 13.2. The van der Waals surface area contributed by atoms with Gasteiger partial charge in [0.1, 0.15) is 34.6 Å². The molecule has 3 N–H and O–H groups in total. The van der Waals surface area contributed by atoms with E-state index in [1.165, 1.54) is 4.90 Å². The molecule has 2 aromatic rings. The Hall–Kier alpha value is -4.20. The lowest BCUT2D eigenvalue weighted by molar-refractivity contribution is -0.144. The van der Waals surface area contributed by atoms with E-state index in [-0.39, 0.29) is 19.4 Å². The number of carbonyl (C=O) groups excluding carboxylic acids is 4. The van der Waals surface area contributed by atoms with Crippen molar-refractivity contribution in [1.29, 1.82) is 0 Å². The monoisotopic (exact) mass is 761 g/mol. The Morgan fingerprint density at radius 3 is 2.52 bits per heavy atom. The Morgan fingerprint density at radius 2 is 1.80 bits per heavy atom. The van der Waals surface area contributed by atoms with E-state index in [0.717, 1.165) is 42.1 Å². The zero-order chi connectivity index (χ0) is 38.1. The highest BCUT2D eigenvalue weighted by Crippen LogP contribution is 2.47. The summed E-state index contributed by atoms with van der Waals surface area (Å²) in [7, 11) is -3.99. The highest BCUT2D eigenvalue weighted by Gasteiger charge is 2.59. The summed E-state index contributed by atoms with van der Waals surface area (Å²) in [6.07, 6.45) is 11.1. The quantitative estimate of drug-likeness (QED) is 0.367. The minimum absolute atomic E-state index is 0.0792. The fourth-order valence-corrected chi connectivity index (χ4v) is 10.0. The van der Waals surface area contributed by atoms with Crippen LogP contribution >= 0.6 is 0 Å². The van der Waals surface area contributed by atoms with Crippen molar-refractivity contribution < 1.29 is 37.1 Å². The summed E-state index contributed by atoms with van der Waals surface area (Å²) in [5.74, 6) is -1.53. The molecule has 1 aromatic carbocycles. The molecule has 4 heterocycles. The van der Waals surface area contributed by atoms with Crippen molar-refractivity contribution >= 4 is 44.7 Å². The van der Waals surface area contributed by atoms with Gasteiger partial charge in [-0.15, -0.1) is 0 Å². The second-order valence-electron chi connectivity index (χ2n) is 17.1. The molecule has 5 unspecified atom stereocenters. The molecule has 1 spiro atoms. The standard InChI is InChI=1S/C40H51N5O8S/c1-25-32-28(27-12-9-10-13-29(27)41-25)16-17-39(52-32)23-31-33(46)43-40(35(48)44-54(50,51)38(3)21-22-38)18-15-26(40)11-7-5-4-6-8-14-30(34(47)45(31)24-39)42-36(49)53-37(2)19-20-37/h7,9-13,26,30-31H,4-6,8,14-24H2,1-3H3,(H,42,49)(H,43,46)(H,44,48). The van der Waals surface area contributed by atoms with Crippen molar-refractivity contribution in [1.82, 2.24) is 25.2 Å². The van der Waals surface area contributed by atoms with Gasteiger partial charge in [0.2, 0.25) is 21.8 Å². The van der Waals surface area contributed by atoms with Crippen molar-refractivity contribution in [3.8, 4) is 5.75 Å². The number of hydrogen-bond acceptors (Lipinski definition) is 9. The molecule has 290 valence electrons. The molecule has 6 aliphatic rings. The summed E-state index contributed by atoms with van der Waals surface area (Å²) < 4.78 is 40.4. The molecule has 4 amide bonds. The second-order valence-corrected chi connectivity index (χ2v) is 19.3. The first-order valence-electron chi connectivity index (χ1n) is 19.6. The van der Waals surface area contributed by atoms with Crippen LogP contribution in [0.2, 0.25) is 0 Å². The van der Waals surface area contributed by atoms with Crippen molar-refractivity contribution in [2.75, 3.05) is 6.54 Å². The number of para-hydroxylation sites is 1. The van der Waals surface area contributed by atoms with Crippen LogP contribution < -0.4 is 20.1 Å². The Kier molecular flexibility index (Phi) is 9.01. The third kappa shape index (κ3) is 6.62. The highest BCUT2D eigenvalue weighted by molar-refractivity contribution is 7.91. The van der Waals surface area contributed by atoms with Crippen LogP contribution in [-0.2, 0) is 35.6 Å². The molecule has 3 aliphatic carbocycles. The van der Waals surface area contributed by atoms with Crippen LogP contribution in [0, 0.1) is 12.8 Å². The number of fused-ring (bicyclic) bond motifs is 5. The van der Waals surface area contributed by atoms with Crippen LogP contribution in [0.25, 0.3) is 10.9 Å². The number of sulfonamides is 1. The first-order valence-corrected chi connectivity index (χ1v) is 21.1. The number of nitrogens with one attached hydrogen (secondary N) is 3. The van der Waals surface area contributed by atoms with E-state index in [0.29, 0.717) is 62.8 Å². The normalized spacial score (nSPS) is 31.3. The summed E-state index contributed by atoms with van der Waals surface area (Å²) in [6.45, 7) is 5.45. The van der Waals surface area contributed by atoms with Crippen molar-refractivity contribution in [3.63, 3.8) is 0 Å². The van der Waals surface area contributed by atoms with Gasteiger partial charge >= 0.3 is 6.09 Å². The number of aromatic nitrogens is 1. The minimum atomic E-state index is -3.99. The molecule has 4 fully saturated rings. The SMILES string of the molecule is Cc1nc2ccccc2c2c1OC1(CC2)CC2C(=O)NC3(C(=O)NS(=O)(=O)C4(C)CC4)CCC3C=CCCCCCC(NC(=O)OC3(C)CC3)C(=O)N2C1. The predicted octanol–water partition coefficient (Wildman–Crippen LogP) is 4.64. The van der Waals surface area contributed by atoms with Gasteiger partial charge in [-0.25, -0.2) is 18.2 Å². The molecule has 8 rings (SSSR count). The third-order valence-corrected chi connectivity index (χ3v) is 15.1. The van der Waals surface area contributed by atoms with E-state index in [2.05, 4.69) is 15.4 Å². The van der Waals surface area contributed by atoms with Crippen LogP contribution in [0.1, 0.15) is 109 Å². The molecule has 3 aliphatic heterocycles. The number of aryl methyl sites for hydroxylation is 2. The average Bonchev–Trinajstić information content (AvgIpc) is 4.03. The fraction of sp³-hybridized carbons (Fsp3) is 0.625. The summed E-state index contributed by atoms with van der Waals surface area (Å²) in [4.78, 5) is 63.1. The zero-order valence-electron chi connectivity index (χ0n) is 31.4. The van der Waals surface area contributed by atoms with E-state index >= 15 is 0 Å². The van der Waals surface area contributed by atoms with E-state index in [9.17, 15) is 27.6 Å². The summed E-state index contributed by atoms with van der Waals surface area (Å²) in [6, 6.07) is 5.88. The predicted molar refractivity (Wildman–Crippen MR) is 200 cm³/mol. The van der Waals surface area contributed by atoms with Gasteiger partial charge in [0, 0.05) is 23.3 Å². The Labute approximate surface area is 316 Å². The van der Waals surface area contributed by atoms with Gasteiger partial charge in [-0.05, 0) is 97.5 Å². The maximum absolute atomic E-state index is 14.8. The van der Waals surface area contributed by atoms with E-state index in [4.69, 9.17) is 14.5 Å². The van der Waals surface area contributed by atoms with Crippen LogP contribution in [0.4, 0.5) is 4.79 Å². The molecular formula is C40H51N5O8S. The van der Waals surface area contributed by atoms with Gasteiger partial charge in [-0.1, -0.05) is 43.2 Å². The van der Waals surface area contributed by atoms with Crippen LogP contribution in [0.3, 0.4) is 0 Å². The van der Waals surface area contributed by atoms with Gasteiger partial charge in [0.15, 0.2) is 0 Å². The Morgan fingerprint density at radius 1 is 1.02 bits per heavy atom. The van der Waals surface area contributed by atoms with Crippen LogP contribution in [-0.4, -0.2) is 82.2 Å². The number of nitrogens with zero attached hydrogens (tertiary/aromatic N) is 2. The summed E-state index contributed by atoms with van der Waals surface area (Å²) in [5.41, 5.74) is -0.396. The fourth-order valence-electron chi connectivity index (χ4n) is 8.69. The van der Waals surface area contributed by atoms with E-state index < -0.39 is 73.3 Å². The van der Waals surface area contributed by atoms with Gasteiger partial charge in [-0.2, -0.15) is 0 Å². The molecule has 54 heavy (non-hydrogen) atoms. The van der Waals surface area contributed by atoms with Crippen molar-refractivity contribution in [3.05, 3.63) is 47.7 Å².